The zero-order valence-corrected chi connectivity index (χ0v) is 15.5. The van der Waals surface area contributed by atoms with Gasteiger partial charge in [-0.1, -0.05) is 23.9 Å². The number of hydrogen-bond donors (Lipinski definition) is 2. The number of hydrogen-bond acceptors (Lipinski definition) is 7. The van der Waals surface area contributed by atoms with Gasteiger partial charge >= 0.3 is 0 Å². The molecule has 1 aromatic carbocycles. The Kier molecular flexibility index (Phi) is 5.83. The van der Waals surface area contributed by atoms with Gasteiger partial charge in [0.15, 0.2) is 16.8 Å². The Morgan fingerprint density at radius 2 is 2.04 bits per heavy atom. The van der Waals surface area contributed by atoms with E-state index in [-0.39, 0.29) is 12.2 Å². The Bertz CT molecular complexity index is 691. The maximum absolute atomic E-state index is 13.7. The molecular formula is C17H22F2N2O4S. The van der Waals surface area contributed by atoms with Crippen molar-refractivity contribution in [3.05, 3.63) is 35.4 Å². The largest absolute Gasteiger partial charge is 0.388 e. The van der Waals surface area contributed by atoms with Crippen LogP contribution in [0.5, 0.6) is 0 Å². The van der Waals surface area contributed by atoms with Gasteiger partial charge in [-0.2, -0.15) is 0 Å². The lowest BCUT2D eigenvalue weighted by Crippen LogP contribution is -2.58. The molecule has 1 saturated heterocycles. The molecule has 0 aromatic heterocycles. The molecule has 0 saturated carbocycles. The third-order valence-corrected chi connectivity index (χ3v) is 5.77. The number of aliphatic hydroxyl groups excluding tert-OH is 2. The fourth-order valence-corrected chi connectivity index (χ4v) is 4.10. The molecule has 0 radical (unpaired) electrons. The zero-order valence-electron chi connectivity index (χ0n) is 14.7. The van der Waals surface area contributed by atoms with Gasteiger partial charge < -0.3 is 24.6 Å². The van der Waals surface area contributed by atoms with Gasteiger partial charge in [0.05, 0.1) is 12.7 Å². The van der Waals surface area contributed by atoms with Gasteiger partial charge in [-0.25, -0.2) is 8.78 Å². The van der Waals surface area contributed by atoms with Gasteiger partial charge in [0, 0.05) is 19.7 Å². The van der Waals surface area contributed by atoms with E-state index >= 15 is 0 Å². The number of aliphatic imine (C=N–C) groups is 1. The second-order valence-corrected chi connectivity index (χ2v) is 7.66. The van der Waals surface area contributed by atoms with E-state index in [0.29, 0.717) is 5.17 Å². The van der Waals surface area contributed by atoms with Gasteiger partial charge in [-0.3, -0.25) is 4.99 Å². The van der Waals surface area contributed by atoms with Crippen LogP contribution in [0.25, 0.3) is 0 Å². The second kappa shape index (κ2) is 7.77. The summed E-state index contributed by atoms with van der Waals surface area (Å²) < 4.78 is 38.5. The number of thioether (sulfide) groups is 1. The lowest BCUT2D eigenvalue weighted by molar-refractivity contribution is -0.193. The minimum atomic E-state index is -1.20. The molecule has 0 aliphatic carbocycles. The lowest BCUT2D eigenvalue weighted by atomic mass is 9.95. The molecule has 9 heteroatoms. The van der Waals surface area contributed by atoms with Crippen molar-refractivity contribution in [2.45, 2.75) is 49.4 Å². The van der Waals surface area contributed by atoms with E-state index in [1.807, 2.05) is 19.0 Å². The van der Waals surface area contributed by atoms with Crippen LogP contribution in [0.1, 0.15) is 12.5 Å². The van der Waals surface area contributed by atoms with Gasteiger partial charge in [0.2, 0.25) is 0 Å². The molecule has 6 atom stereocenters. The Balaban J connectivity index is 1.65. The molecule has 0 bridgehead atoms. The van der Waals surface area contributed by atoms with E-state index in [1.165, 1.54) is 23.9 Å². The monoisotopic (exact) mass is 388 g/mol. The summed E-state index contributed by atoms with van der Waals surface area (Å²) in [6.45, 7) is 1.49. The highest BCUT2D eigenvalue weighted by molar-refractivity contribution is 8.14. The van der Waals surface area contributed by atoms with Gasteiger partial charge in [-0.15, -0.1) is 0 Å². The first-order valence-corrected chi connectivity index (χ1v) is 9.15. The average molecular weight is 388 g/mol. The molecule has 2 heterocycles. The molecule has 2 N–H and O–H groups in total. The summed E-state index contributed by atoms with van der Waals surface area (Å²) in [5.74, 6) is -1.90. The highest BCUT2D eigenvalue weighted by Crippen LogP contribution is 2.38. The number of ether oxygens (including phenoxy) is 2. The Morgan fingerprint density at radius 1 is 1.31 bits per heavy atom. The minimum absolute atomic E-state index is 0.0778. The summed E-state index contributed by atoms with van der Waals surface area (Å²) in [6, 6.07) is 3.30. The van der Waals surface area contributed by atoms with Crippen molar-refractivity contribution in [2.24, 2.45) is 4.99 Å². The first-order valence-electron chi connectivity index (χ1n) is 8.27. The van der Waals surface area contributed by atoms with Crippen molar-refractivity contribution in [2.75, 3.05) is 14.1 Å². The SMILES string of the molecule is C[C@H](OCc1cccc(F)c1F)[C@H]1O[C@@H]2SC(N(C)C)=N[C@@H]2[C@@H](O)[C@@H]1O. The summed E-state index contributed by atoms with van der Waals surface area (Å²) in [5, 5.41) is 21.5. The van der Waals surface area contributed by atoms with Crippen LogP contribution in [-0.2, 0) is 16.1 Å². The van der Waals surface area contributed by atoms with Crippen LogP contribution in [0, 0.1) is 11.6 Å². The predicted molar refractivity (Wildman–Crippen MR) is 93.8 cm³/mol. The Hall–Kier alpha value is -1.26. The Morgan fingerprint density at radius 3 is 2.73 bits per heavy atom. The summed E-state index contributed by atoms with van der Waals surface area (Å²) >= 11 is 1.37. The van der Waals surface area contributed by atoms with E-state index in [1.54, 1.807) is 6.92 Å². The van der Waals surface area contributed by atoms with E-state index < -0.39 is 47.5 Å². The molecule has 3 rings (SSSR count). The molecule has 2 aliphatic rings. The van der Waals surface area contributed by atoms with Crippen molar-refractivity contribution in [1.29, 1.82) is 0 Å². The van der Waals surface area contributed by atoms with Crippen LogP contribution in [-0.4, -0.2) is 70.3 Å². The first kappa shape index (κ1) is 19.5. The van der Waals surface area contributed by atoms with Crippen LogP contribution in [0.4, 0.5) is 8.78 Å². The van der Waals surface area contributed by atoms with Crippen LogP contribution in [0.2, 0.25) is 0 Å². The summed E-state index contributed by atoms with van der Waals surface area (Å²) in [4.78, 5) is 6.20. The zero-order chi connectivity index (χ0) is 19.0. The predicted octanol–water partition coefficient (Wildman–Crippen LogP) is 1.35. The standard InChI is InChI=1S/C17H22F2N2O4S/c1-8(24-7-9-5-4-6-10(18)11(9)19)15-14(23)13(22)12-16(25-15)26-17(20-12)21(2)3/h4-6,8,12-16,22-23H,7H2,1-3H3/t8-,12+,13+,14-,15+,16+/m0/s1. The lowest BCUT2D eigenvalue weighted by Gasteiger charge is -2.40. The van der Waals surface area contributed by atoms with Crippen molar-refractivity contribution in [3.63, 3.8) is 0 Å². The number of fused-ring (bicyclic) bond motifs is 1. The minimum Gasteiger partial charge on any atom is -0.388 e. The molecule has 26 heavy (non-hydrogen) atoms. The molecule has 0 amide bonds. The molecule has 0 unspecified atom stereocenters. The number of aliphatic hydroxyl groups is 2. The smallest absolute Gasteiger partial charge is 0.164 e. The highest BCUT2D eigenvalue weighted by Gasteiger charge is 2.50. The maximum Gasteiger partial charge on any atom is 0.164 e. The summed E-state index contributed by atoms with van der Waals surface area (Å²) in [5.41, 5.74) is -0.359. The Labute approximate surface area is 154 Å². The molecule has 1 aromatic rings. The topological polar surface area (TPSA) is 74.5 Å². The molecular weight excluding hydrogens is 366 g/mol. The molecule has 6 nitrogen and oxygen atoms in total. The van der Waals surface area contributed by atoms with E-state index in [9.17, 15) is 19.0 Å². The molecule has 144 valence electrons. The molecule has 0 spiro atoms. The van der Waals surface area contributed by atoms with Crippen LogP contribution in [0.15, 0.2) is 23.2 Å². The van der Waals surface area contributed by atoms with E-state index in [0.717, 1.165) is 6.07 Å². The summed E-state index contributed by atoms with van der Waals surface area (Å²) in [7, 11) is 3.67. The van der Waals surface area contributed by atoms with Gasteiger partial charge in [-0.05, 0) is 13.0 Å². The average Bonchev–Trinajstić information content (AvgIpc) is 3.04. The van der Waals surface area contributed by atoms with Crippen molar-refractivity contribution >= 4 is 16.9 Å². The van der Waals surface area contributed by atoms with Crippen LogP contribution >= 0.6 is 11.8 Å². The summed E-state index contributed by atoms with van der Waals surface area (Å²) in [6.07, 6.45) is -3.76. The molecule has 2 aliphatic heterocycles. The quantitative estimate of drug-likeness (QED) is 0.811. The third kappa shape index (κ3) is 3.72. The maximum atomic E-state index is 13.7. The van der Waals surface area contributed by atoms with Gasteiger partial charge in [0.25, 0.3) is 0 Å². The highest BCUT2D eigenvalue weighted by atomic mass is 32.2. The van der Waals surface area contributed by atoms with Crippen molar-refractivity contribution < 1.29 is 28.5 Å². The normalized spacial score (nSPS) is 32.1. The van der Waals surface area contributed by atoms with Crippen LogP contribution in [0.3, 0.4) is 0 Å². The number of benzene rings is 1. The number of amidine groups is 1. The van der Waals surface area contributed by atoms with Crippen molar-refractivity contribution in [1.82, 2.24) is 4.90 Å². The number of nitrogens with zero attached hydrogens (tertiary/aromatic N) is 2. The second-order valence-electron chi connectivity index (χ2n) is 6.59. The van der Waals surface area contributed by atoms with Crippen LogP contribution < -0.4 is 0 Å². The fourth-order valence-electron chi connectivity index (χ4n) is 2.95. The number of rotatable bonds is 4. The number of halogens is 2. The van der Waals surface area contributed by atoms with E-state index in [2.05, 4.69) is 4.99 Å². The molecule has 1 fully saturated rings. The van der Waals surface area contributed by atoms with Crippen molar-refractivity contribution in [3.8, 4) is 0 Å². The van der Waals surface area contributed by atoms with Gasteiger partial charge in [0.1, 0.15) is 29.8 Å². The van der Waals surface area contributed by atoms with E-state index in [4.69, 9.17) is 9.47 Å². The third-order valence-electron chi connectivity index (χ3n) is 4.47. The first-order chi connectivity index (χ1) is 12.3. The fraction of sp³-hybridized carbons (Fsp3) is 0.588.